The lowest BCUT2D eigenvalue weighted by atomic mass is 10.1. The van der Waals surface area contributed by atoms with Crippen molar-refractivity contribution in [3.8, 4) is 10.6 Å². The van der Waals surface area contributed by atoms with Gasteiger partial charge in [0.05, 0.1) is 0 Å². The molecule has 0 aliphatic carbocycles. The Kier molecular flexibility index (Phi) is 4.90. The first-order chi connectivity index (χ1) is 9.60. The highest BCUT2D eigenvalue weighted by Crippen LogP contribution is 2.24. The molecule has 0 unspecified atom stereocenters. The van der Waals surface area contributed by atoms with Crippen LogP contribution in [0.1, 0.15) is 36.8 Å². The van der Waals surface area contributed by atoms with Gasteiger partial charge >= 0.3 is 0 Å². The van der Waals surface area contributed by atoms with Crippen LogP contribution in [-0.4, -0.2) is 17.4 Å². The van der Waals surface area contributed by atoms with Crippen LogP contribution < -0.4 is 5.32 Å². The van der Waals surface area contributed by atoms with Gasteiger partial charge in [0.1, 0.15) is 10.7 Å². The third kappa shape index (κ3) is 3.67. The maximum absolute atomic E-state index is 11.9. The quantitative estimate of drug-likeness (QED) is 0.910. The van der Waals surface area contributed by atoms with E-state index in [1.807, 2.05) is 5.38 Å². The van der Waals surface area contributed by atoms with Crippen molar-refractivity contribution in [1.82, 2.24) is 10.3 Å². The molecule has 0 radical (unpaired) electrons. The molecular formula is C16H20N2OS. The highest BCUT2D eigenvalue weighted by atomic mass is 32.1. The number of carbonyl (C=O) groups excluding carboxylic acids is 1. The van der Waals surface area contributed by atoms with E-state index >= 15 is 0 Å². The second-order valence-corrected chi connectivity index (χ2v) is 6.05. The fourth-order valence-electron chi connectivity index (χ4n) is 1.78. The van der Waals surface area contributed by atoms with Gasteiger partial charge in [-0.25, -0.2) is 4.98 Å². The highest BCUT2D eigenvalue weighted by Gasteiger charge is 2.11. The summed E-state index contributed by atoms with van der Waals surface area (Å²) < 4.78 is 0. The van der Waals surface area contributed by atoms with E-state index in [9.17, 15) is 4.79 Å². The molecular weight excluding hydrogens is 268 g/mol. The molecule has 2 rings (SSSR count). The number of benzene rings is 1. The first kappa shape index (κ1) is 14.7. The summed E-state index contributed by atoms with van der Waals surface area (Å²) in [7, 11) is 0. The summed E-state index contributed by atoms with van der Waals surface area (Å²) in [5, 5.41) is 5.60. The lowest BCUT2D eigenvalue weighted by Crippen LogP contribution is -2.27. The Morgan fingerprint density at radius 1 is 1.30 bits per heavy atom. The molecule has 2 aromatic rings. The van der Waals surface area contributed by atoms with E-state index in [0.29, 0.717) is 18.2 Å². The fourth-order valence-corrected chi connectivity index (χ4v) is 2.59. The van der Waals surface area contributed by atoms with Crippen molar-refractivity contribution in [3.63, 3.8) is 0 Å². The number of rotatable bonds is 5. The van der Waals surface area contributed by atoms with Gasteiger partial charge in [0, 0.05) is 17.5 Å². The monoisotopic (exact) mass is 288 g/mol. The number of nitrogens with one attached hydrogen (secondary N) is 1. The maximum atomic E-state index is 11.9. The molecule has 106 valence electrons. The van der Waals surface area contributed by atoms with Crippen LogP contribution in [-0.2, 0) is 6.42 Å². The Bertz CT molecular complexity index is 572. The summed E-state index contributed by atoms with van der Waals surface area (Å²) in [6.45, 7) is 6.95. The third-order valence-corrected chi connectivity index (χ3v) is 3.91. The van der Waals surface area contributed by atoms with Crippen LogP contribution in [0, 0.1) is 5.92 Å². The zero-order valence-corrected chi connectivity index (χ0v) is 13.0. The van der Waals surface area contributed by atoms with Crippen LogP contribution in [0.4, 0.5) is 0 Å². The van der Waals surface area contributed by atoms with Crippen LogP contribution in [0.15, 0.2) is 29.6 Å². The molecule has 1 aromatic carbocycles. The van der Waals surface area contributed by atoms with Crippen LogP contribution in [0.25, 0.3) is 10.6 Å². The lowest BCUT2D eigenvalue weighted by molar-refractivity contribution is 0.0945. The number of amides is 1. The highest BCUT2D eigenvalue weighted by molar-refractivity contribution is 7.13. The minimum atomic E-state index is -0.0913. The predicted molar refractivity (Wildman–Crippen MR) is 84.1 cm³/mol. The topological polar surface area (TPSA) is 42.0 Å². The van der Waals surface area contributed by atoms with Gasteiger partial charge in [0.25, 0.3) is 5.91 Å². The normalized spacial score (nSPS) is 10.8. The van der Waals surface area contributed by atoms with Crippen LogP contribution in [0.5, 0.6) is 0 Å². The summed E-state index contributed by atoms with van der Waals surface area (Å²) in [4.78, 5) is 16.3. The molecule has 1 heterocycles. The number of aryl methyl sites for hydroxylation is 1. The molecule has 0 bridgehead atoms. The lowest BCUT2D eigenvalue weighted by Gasteiger charge is -2.05. The van der Waals surface area contributed by atoms with Gasteiger partial charge in [0.15, 0.2) is 0 Å². The van der Waals surface area contributed by atoms with E-state index in [4.69, 9.17) is 0 Å². The second-order valence-electron chi connectivity index (χ2n) is 5.19. The molecule has 4 heteroatoms. The summed E-state index contributed by atoms with van der Waals surface area (Å²) >= 11 is 1.51. The fraction of sp³-hybridized carbons (Fsp3) is 0.375. The van der Waals surface area contributed by atoms with Crippen LogP contribution >= 0.6 is 11.3 Å². The van der Waals surface area contributed by atoms with Crippen LogP contribution in [0.2, 0.25) is 0 Å². The van der Waals surface area contributed by atoms with Crippen molar-refractivity contribution in [1.29, 1.82) is 0 Å². The molecule has 20 heavy (non-hydrogen) atoms. The van der Waals surface area contributed by atoms with E-state index in [0.717, 1.165) is 17.0 Å². The standard InChI is InChI=1S/C16H20N2OS/c1-4-12-5-7-13(8-6-12)16-18-14(10-20-16)15(19)17-9-11(2)3/h5-8,10-11H,4,9H2,1-3H3,(H,17,19). The van der Waals surface area contributed by atoms with E-state index in [-0.39, 0.29) is 5.91 Å². The molecule has 0 saturated heterocycles. The molecule has 3 nitrogen and oxygen atoms in total. The van der Waals surface area contributed by atoms with Crippen molar-refractivity contribution in [2.45, 2.75) is 27.2 Å². The third-order valence-electron chi connectivity index (χ3n) is 3.02. The van der Waals surface area contributed by atoms with E-state index in [1.165, 1.54) is 16.9 Å². The SMILES string of the molecule is CCc1ccc(-c2nc(C(=O)NCC(C)C)cs2)cc1. The number of hydrogen-bond donors (Lipinski definition) is 1. The largest absolute Gasteiger partial charge is 0.350 e. The number of thiazole rings is 1. The maximum Gasteiger partial charge on any atom is 0.270 e. The molecule has 0 spiro atoms. The average molecular weight is 288 g/mol. The molecule has 0 aliphatic rings. The summed E-state index contributed by atoms with van der Waals surface area (Å²) in [6.07, 6.45) is 1.03. The van der Waals surface area contributed by atoms with Crippen LogP contribution in [0.3, 0.4) is 0 Å². The molecule has 0 saturated carbocycles. The van der Waals surface area contributed by atoms with Crippen molar-refractivity contribution >= 4 is 17.2 Å². The summed E-state index contributed by atoms with van der Waals surface area (Å²) in [5.41, 5.74) is 2.88. The summed E-state index contributed by atoms with van der Waals surface area (Å²) in [5.74, 6) is 0.352. The Labute approximate surface area is 124 Å². The average Bonchev–Trinajstić information content (AvgIpc) is 2.94. The van der Waals surface area contributed by atoms with Gasteiger partial charge < -0.3 is 5.32 Å². The minimum absolute atomic E-state index is 0.0913. The van der Waals surface area contributed by atoms with Crippen molar-refractivity contribution in [2.24, 2.45) is 5.92 Å². The van der Waals surface area contributed by atoms with Gasteiger partial charge in [-0.1, -0.05) is 45.0 Å². The van der Waals surface area contributed by atoms with Crippen molar-refractivity contribution < 1.29 is 4.79 Å². The number of carbonyl (C=O) groups is 1. The van der Waals surface area contributed by atoms with Gasteiger partial charge in [-0.05, 0) is 17.9 Å². The molecule has 0 aliphatic heterocycles. The first-order valence-electron chi connectivity index (χ1n) is 6.93. The Morgan fingerprint density at radius 3 is 2.60 bits per heavy atom. The number of nitrogens with zero attached hydrogens (tertiary/aromatic N) is 1. The molecule has 1 amide bonds. The second kappa shape index (κ2) is 6.66. The Hall–Kier alpha value is -1.68. The van der Waals surface area contributed by atoms with Gasteiger partial charge in [-0.3, -0.25) is 4.79 Å². The Morgan fingerprint density at radius 2 is 2.00 bits per heavy atom. The number of hydrogen-bond acceptors (Lipinski definition) is 3. The minimum Gasteiger partial charge on any atom is -0.350 e. The van der Waals surface area contributed by atoms with Gasteiger partial charge in [-0.2, -0.15) is 0 Å². The number of aromatic nitrogens is 1. The molecule has 1 aromatic heterocycles. The predicted octanol–water partition coefficient (Wildman–Crippen LogP) is 3.76. The van der Waals surface area contributed by atoms with Crippen molar-refractivity contribution in [3.05, 3.63) is 40.9 Å². The van der Waals surface area contributed by atoms with E-state index in [2.05, 4.69) is 55.3 Å². The smallest absolute Gasteiger partial charge is 0.270 e. The van der Waals surface area contributed by atoms with Crippen molar-refractivity contribution in [2.75, 3.05) is 6.54 Å². The zero-order valence-electron chi connectivity index (χ0n) is 12.1. The molecule has 0 fully saturated rings. The summed E-state index contributed by atoms with van der Waals surface area (Å²) in [6, 6.07) is 8.34. The van der Waals surface area contributed by atoms with Gasteiger partial charge in [0.2, 0.25) is 0 Å². The molecule has 1 N–H and O–H groups in total. The zero-order chi connectivity index (χ0) is 14.5. The first-order valence-corrected chi connectivity index (χ1v) is 7.81. The van der Waals surface area contributed by atoms with E-state index in [1.54, 1.807) is 0 Å². The molecule has 0 atom stereocenters. The van der Waals surface area contributed by atoms with E-state index < -0.39 is 0 Å². The van der Waals surface area contributed by atoms with Gasteiger partial charge in [-0.15, -0.1) is 11.3 Å². The Balaban J connectivity index is 2.09.